The highest BCUT2D eigenvalue weighted by atomic mass is 32.2. The van der Waals surface area contributed by atoms with E-state index in [1.807, 2.05) is 35.7 Å². The van der Waals surface area contributed by atoms with Gasteiger partial charge in [0.05, 0.1) is 15.8 Å². The second-order valence-electron chi connectivity index (χ2n) is 6.01. The molecule has 0 radical (unpaired) electrons. The first-order valence-corrected chi connectivity index (χ1v) is 10.6. The monoisotopic (exact) mass is 424 g/mol. The number of thioether (sulfide) groups is 2. The molecular formula is C19H18F2N2O3S2. The van der Waals surface area contributed by atoms with Gasteiger partial charge in [-0.25, -0.2) is 8.78 Å². The first-order chi connectivity index (χ1) is 13.4. The minimum absolute atomic E-state index is 0.342. The molecule has 1 aliphatic rings. The number of nitrogens with two attached hydrogens (primary N) is 1. The zero-order valence-electron chi connectivity index (χ0n) is 14.7. The number of carbonyl (C=O) groups excluding carboxylic acids is 2. The maximum atomic E-state index is 13.8. The van der Waals surface area contributed by atoms with Crippen LogP contribution in [0.5, 0.6) is 5.75 Å². The van der Waals surface area contributed by atoms with Crippen molar-refractivity contribution in [2.24, 2.45) is 5.73 Å². The number of primary amides is 1. The van der Waals surface area contributed by atoms with E-state index in [0.29, 0.717) is 16.4 Å². The molecule has 0 saturated carbocycles. The van der Waals surface area contributed by atoms with Crippen LogP contribution in [0.3, 0.4) is 0 Å². The first-order valence-electron chi connectivity index (χ1n) is 8.48. The summed E-state index contributed by atoms with van der Waals surface area (Å²) in [6.07, 6.45) is 1.22. The fraction of sp³-hybridized carbons (Fsp3) is 0.263. The van der Waals surface area contributed by atoms with Gasteiger partial charge in [-0.1, -0.05) is 12.1 Å². The molecule has 3 N–H and O–H groups in total. The second kappa shape index (κ2) is 9.29. The highest BCUT2D eigenvalue weighted by molar-refractivity contribution is 8.16. The molecule has 28 heavy (non-hydrogen) atoms. The molecule has 1 fully saturated rings. The third kappa shape index (κ3) is 5.17. The van der Waals surface area contributed by atoms with Crippen molar-refractivity contribution in [2.75, 3.05) is 23.4 Å². The molecule has 2 aromatic rings. The lowest BCUT2D eigenvalue weighted by atomic mass is 10.1. The van der Waals surface area contributed by atoms with Gasteiger partial charge in [-0.2, -0.15) is 0 Å². The Hall–Kier alpha value is -2.26. The Morgan fingerprint density at radius 2 is 1.79 bits per heavy atom. The average Bonchev–Trinajstić information content (AvgIpc) is 2.69. The number of amides is 2. The van der Waals surface area contributed by atoms with Crippen LogP contribution >= 0.6 is 23.5 Å². The van der Waals surface area contributed by atoms with Gasteiger partial charge in [0.2, 0.25) is 0 Å². The largest absolute Gasteiger partial charge is 0.484 e. The van der Waals surface area contributed by atoms with Gasteiger partial charge < -0.3 is 15.8 Å². The predicted molar refractivity (Wildman–Crippen MR) is 108 cm³/mol. The highest BCUT2D eigenvalue weighted by Gasteiger charge is 2.17. The molecule has 1 aliphatic heterocycles. The quantitative estimate of drug-likeness (QED) is 0.734. The topological polar surface area (TPSA) is 81.4 Å². The first kappa shape index (κ1) is 20.5. The van der Waals surface area contributed by atoms with Gasteiger partial charge in [0.1, 0.15) is 17.4 Å². The van der Waals surface area contributed by atoms with Gasteiger partial charge in [-0.05, 0) is 41.7 Å². The molecule has 5 nitrogen and oxygen atoms in total. The van der Waals surface area contributed by atoms with Crippen LogP contribution in [0.2, 0.25) is 0 Å². The van der Waals surface area contributed by atoms with Crippen LogP contribution in [0, 0.1) is 11.6 Å². The smallest absolute Gasteiger partial charge is 0.262 e. The molecule has 0 bridgehead atoms. The van der Waals surface area contributed by atoms with Crippen LogP contribution in [0.4, 0.5) is 14.5 Å². The van der Waals surface area contributed by atoms with Crippen molar-refractivity contribution >= 4 is 41.0 Å². The fourth-order valence-electron chi connectivity index (χ4n) is 2.57. The summed E-state index contributed by atoms with van der Waals surface area (Å²) in [5.41, 5.74) is 5.37. The number of hydrogen-bond donors (Lipinski definition) is 2. The Morgan fingerprint density at radius 1 is 1.11 bits per heavy atom. The van der Waals surface area contributed by atoms with Gasteiger partial charge in [-0.15, -0.1) is 23.5 Å². The van der Waals surface area contributed by atoms with E-state index < -0.39 is 29.0 Å². The number of halogens is 2. The molecular weight excluding hydrogens is 406 g/mol. The van der Waals surface area contributed by atoms with Crippen molar-refractivity contribution in [1.29, 1.82) is 0 Å². The molecule has 0 spiro atoms. The van der Waals surface area contributed by atoms with E-state index in [9.17, 15) is 18.4 Å². The van der Waals surface area contributed by atoms with Crippen molar-refractivity contribution in [2.45, 2.75) is 11.0 Å². The van der Waals surface area contributed by atoms with E-state index >= 15 is 0 Å². The van der Waals surface area contributed by atoms with Crippen molar-refractivity contribution in [3.05, 3.63) is 59.2 Å². The lowest BCUT2D eigenvalue weighted by Gasteiger charge is -2.21. The standard InChI is InChI=1S/C19H18F2N2O3S2/c20-14-9-15(21)16(8-13(14)18(22)25)23-17(24)10-26-12-4-2-11(3-5-12)19-27-6-1-7-28-19/h2-5,8-9,19H,1,6-7,10H2,(H2,22,25)(H,23,24). The van der Waals surface area contributed by atoms with Crippen LogP contribution in [-0.4, -0.2) is 29.9 Å². The van der Waals surface area contributed by atoms with Crippen molar-refractivity contribution < 1.29 is 23.1 Å². The summed E-state index contributed by atoms with van der Waals surface area (Å²) < 4.78 is 33.1. The summed E-state index contributed by atoms with van der Waals surface area (Å²) >= 11 is 3.82. The summed E-state index contributed by atoms with van der Waals surface area (Å²) in [5.74, 6) is -1.01. The Labute approximate surface area is 169 Å². The number of ether oxygens (including phenoxy) is 1. The molecule has 3 rings (SSSR count). The summed E-state index contributed by atoms with van der Waals surface area (Å²) in [4.78, 5) is 23.1. The summed E-state index contributed by atoms with van der Waals surface area (Å²) in [5, 5.41) is 2.25. The van der Waals surface area contributed by atoms with Gasteiger partial charge in [0.25, 0.3) is 11.8 Å². The number of benzene rings is 2. The lowest BCUT2D eigenvalue weighted by Crippen LogP contribution is -2.22. The lowest BCUT2D eigenvalue weighted by molar-refractivity contribution is -0.118. The van der Waals surface area contributed by atoms with Crippen molar-refractivity contribution in [1.82, 2.24) is 0 Å². The Balaban J connectivity index is 1.57. The van der Waals surface area contributed by atoms with E-state index in [1.165, 1.54) is 12.0 Å². The maximum Gasteiger partial charge on any atom is 0.262 e. The number of carbonyl (C=O) groups is 2. The molecule has 0 aliphatic carbocycles. The SMILES string of the molecule is NC(=O)c1cc(NC(=O)COc2ccc(C3SCCCS3)cc2)c(F)cc1F. The summed E-state index contributed by atoms with van der Waals surface area (Å²) in [7, 11) is 0. The number of anilines is 1. The minimum atomic E-state index is -1.09. The summed E-state index contributed by atoms with van der Waals surface area (Å²) in [6, 6.07) is 8.84. The van der Waals surface area contributed by atoms with Crippen LogP contribution in [0.1, 0.15) is 26.9 Å². The van der Waals surface area contributed by atoms with Gasteiger partial charge in [-0.3, -0.25) is 9.59 Å². The van der Waals surface area contributed by atoms with E-state index in [4.69, 9.17) is 10.5 Å². The molecule has 2 amide bonds. The molecule has 2 aromatic carbocycles. The minimum Gasteiger partial charge on any atom is -0.484 e. The van der Waals surface area contributed by atoms with E-state index in [1.54, 1.807) is 12.1 Å². The summed E-state index contributed by atoms with van der Waals surface area (Å²) in [6.45, 7) is -0.366. The van der Waals surface area contributed by atoms with Crippen LogP contribution in [0.25, 0.3) is 0 Å². The van der Waals surface area contributed by atoms with Gasteiger partial charge >= 0.3 is 0 Å². The zero-order valence-corrected chi connectivity index (χ0v) is 16.4. The van der Waals surface area contributed by atoms with Crippen LogP contribution < -0.4 is 15.8 Å². The molecule has 1 heterocycles. The molecule has 148 valence electrons. The molecule has 0 atom stereocenters. The van der Waals surface area contributed by atoms with Gasteiger partial charge in [0.15, 0.2) is 6.61 Å². The van der Waals surface area contributed by atoms with E-state index in [2.05, 4.69) is 5.32 Å². The molecule has 0 unspecified atom stereocenters. The third-order valence-corrected chi connectivity index (χ3v) is 6.96. The zero-order chi connectivity index (χ0) is 20.1. The number of rotatable bonds is 6. The van der Waals surface area contributed by atoms with Crippen molar-refractivity contribution in [3.63, 3.8) is 0 Å². The number of hydrogen-bond acceptors (Lipinski definition) is 5. The van der Waals surface area contributed by atoms with Crippen LogP contribution in [0.15, 0.2) is 36.4 Å². The molecule has 1 saturated heterocycles. The molecule has 0 aromatic heterocycles. The van der Waals surface area contributed by atoms with E-state index in [0.717, 1.165) is 17.6 Å². The van der Waals surface area contributed by atoms with Crippen LogP contribution in [-0.2, 0) is 4.79 Å². The normalized spacial score (nSPS) is 14.5. The fourth-order valence-corrected chi connectivity index (χ4v) is 5.46. The number of nitrogens with one attached hydrogen (secondary N) is 1. The Bertz CT molecular complexity index is 872. The third-order valence-electron chi connectivity index (χ3n) is 3.95. The Kier molecular flexibility index (Phi) is 6.79. The average molecular weight is 424 g/mol. The Morgan fingerprint density at radius 3 is 2.43 bits per heavy atom. The maximum absolute atomic E-state index is 13.8. The highest BCUT2D eigenvalue weighted by Crippen LogP contribution is 2.43. The predicted octanol–water partition coefficient (Wildman–Crippen LogP) is 3.95. The second-order valence-corrected chi connectivity index (χ2v) is 8.73. The van der Waals surface area contributed by atoms with Gasteiger partial charge in [0, 0.05) is 6.07 Å². The molecule has 9 heteroatoms. The van der Waals surface area contributed by atoms with E-state index in [-0.39, 0.29) is 12.3 Å². The van der Waals surface area contributed by atoms with Crippen molar-refractivity contribution in [3.8, 4) is 5.75 Å².